The standard InChI is InChI=1S/C55H36N4/c1-3-14-37(15-4-1)40-26-29-41(30-27-40)53-56-54(45-31-28-39-18-7-8-19-42(39)34-45)58-55(57-53)49-24-10-9-22-47(49)44-20-13-21-46(35-44)59-51-25-12-11-23-48(51)50-36-43(32-33-52(50)59)38-16-5-2-6-17-38/h1-36H. The molecule has 0 saturated heterocycles. The van der Waals surface area contributed by atoms with Crippen molar-refractivity contribution in [2.45, 2.75) is 0 Å². The van der Waals surface area contributed by atoms with Crippen molar-refractivity contribution >= 4 is 32.6 Å². The Morgan fingerprint density at radius 3 is 1.61 bits per heavy atom. The van der Waals surface area contributed by atoms with E-state index in [2.05, 4.69) is 217 Å². The Labute approximate surface area is 342 Å². The molecular weight excluding hydrogens is 717 g/mol. The molecule has 0 aliphatic heterocycles. The summed E-state index contributed by atoms with van der Waals surface area (Å²) in [6.07, 6.45) is 0. The highest BCUT2D eigenvalue weighted by molar-refractivity contribution is 6.10. The van der Waals surface area contributed by atoms with Gasteiger partial charge in [0.25, 0.3) is 0 Å². The largest absolute Gasteiger partial charge is 0.309 e. The van der Waals surface area contributed by atoms with Gasteiger partial charge in [-0.3, -0.25) is 0 Å². The van der Waals surface area contributed by atoms with Crippen molar-refractivity contribution in [2.75, 3.05) is 0 Å². The van der Waals surface area contributed by atoms with Crippen LogP contribution >= 0.6 is 0 Å². The molecule has 276 valence electrons. The van der Waals surface area contributed by atoms with Gasteiger partial charge in [-0.2, -0.15) is 0 Å². The number of nitrogens with zero attached hydrogens (tertiary/aromatic N) is 4. The Balaban J connectivity index is 1.05. The van der Waals surface area contributed by atoms with Gasteiger partial charge in [0.15, 0.2) is 17.5 Å². The predicted molar refractivity (Wildman–Crippen MR) is 244 cm³/mol. The van der Waals surface area contributed by atoms with E-state index >= 15 is 0 Å². The third kappa shape index (κ3) is 6.34. The Bertz CT molecular complexity index is 3310. The van der Waals surface area contributed by atoms with Gasteiger partial charge in [0.2, 0.25) is 0 Å². The molecule has 0 N–H and O–H groups in total. The van der Waals surface area contributed by atoms with Crippen LogP contribution in [0.2, 0.25) is 0 Å². The van der Waals surface area contributed by atoms with Crippen LogP contribution < -0.4 is 0 Å². The highest BCUT2D eigenvalue weighted by Crippen LogP contribution is 2.38. The lowest BCUT2D eigenvalue weighted by Gasteiger charge is -2.14. The minimum Gasteiger partial charge on any atom is -0.309 e. The lowest BCUT2D eigenvalue weighted by molar-refractivity contribution is 1.07. The normalized spacial score (nSPS) is 11.4. The zero-order valence-corrected chi connectivity index (χ0v) is 32.1. The predicted octanol–water partition coefficient (Wildman–Crippen LogP) is 14.1. The van der Waals surface area contributed by atoms with E-state index in [0.29, 0.717) is 17.5 Å². The van der Waals surface area contributed by atoms with E-state index in [4.69, 9.17) is 15.0 Å². The molecule has 0 aliphatic rings. The third-order valence-corrected chi connectivity index (χ3v) is 11.3. The SMILES string of the molecule is c1ccc(-c2ccc(-c3nc(-c4ccc5ccccc5c4)nc(-c4ccccc4-c4cccc(-n5c6ccccc6c6cc(-c7ccccc7)ccc65)c4)n3)cc2)cc1. The summed E-state index contributed by atoms with van der Waals surface area (Å²) >= 11 is 0. The summed E-state index contributed by atoms with van der Waals surface area (Å²) in [5.74, 6) is 1.88. The monoisotopic (exact) mass is 752 g/mol. The molecule has 2 aromatic heterocycles. The number of rotatable bonds is 7. The lowest BCUT2D eigenvalue weighted by Crippen LogP contribution is -2.01. The molecule has 0 aliphatic carbocycles. The molecule has 2 heterocycles. The Morgan fingerprint density at radius 2 is 0.814 bits per heavy atom. The summed E-state index contributed by atoms with van der Waals surface area (Å²) in [5, 5.41) is 4.76. The summed E-state index contributed by atoms with van der Waals surface area (Å²) in [5.41, 5.74) is 13.1. The average molecular weight is 753 g/mol. The van der Waals surface area contributed by atoms with Crippen LogP contribution in [0, 0.1) is 0 Å². The molecule has 9 aromatic carbocycles. The smallest absolute Gasteiger partial charge is 0.164 e. The second-order valence-electron chi connectivity index (χ2n) is 14.9. The maximum absolute atomic E-state index is 5.22. The van der Waals surface area contributed by atoms with Gasteiger partial charge in [-0.25, -0.2) is 15.0 Å². The van der Waals surface area contributed by atoms with Crippen LogP contribution in [0.4, 0.5) is 0 Å². The van der Waals surface area contributed by atoms with Crippen LogP contribution in [0.3, 0.4) is 0 Å². The quantitative estimate of drug-likeness (QED) is 0.163. The molecule has 4 nitrogen and oxygen atoms in total. The molecule has 11 rings (SSSR count). The Kier molecular flexibility index (Phi) is 8.45. The van der Waals surface area contributed by atoms with E-state index < -0.39 is 0 Å². The van der Waals surface area contributed by atoms with E-state index in [1.54, 1.807) is 0 Å². The first-order chi connectivity index (χ1) is 29.2. The van der Waals surface area contributed by atoms with Crippen molar-refractivity contribution in [3.63, 3.8) is 0 Å². The van der Waals surface area contributed by atoms with Crippen LogP contribution in [-0.4, -0.2) is 19.5 Å². The second-order valence-corrected chi connectivity index (χ2v) is 14.9. The number of fused-ring (bicyclic) bond motifs is 4. The first-order valence-corrected chi connectivity index (χ1v) is 19.9. The molecule has 0 radical (unpaired) electrons. The summed E-state index contributed by atoms with van der Waals surface area (Å²) in [7, 11) is 0. The van der Waals surface area contributed by atoms with Gasteiger partial charge in [0, 0.05) is 33.2 Å². The molecule has 4 heteroatoms. The fraction of sp³-hybridized carbons (Fsp3) is 0. The van der Waals surface area contributed by atoms with Gasteiger partial charge < -0.3 is 4.57 Å². The van der Waals surface area contributed by atoms with Crippen molar-refractivity contribution < 1.29 is 0 Å². The number of hydrogen-bond donors (Lipinski definition) is 0. The lowest BCUT2D eigenvalue weighted by atomic mass is 9.98. The fourth-order valence-electron chi connectivity index (χ4n) is 8.33. The van der Waals surface area contributed by atoms with Crippen LogP contribution in [-0.2, 0) is 0 Å². The first-order valence-electron chi connectivity index (χ1n) is 19.9. The molecule has 0 unspecified atom stereocenters. The summed E-state index contributed by atoms with van der Waals surface area (Å²) < 4.78 is 2.38. The maximum atomic E-state index is 5.22. The van der Waals surface area contributed by atoms with E-state index in [1.165, 1.54) is 38.4 Å². The van der Waals surface area contributed by atoms with Crippen LogP contribution in [0.25, 0.3) is 106 Å². The molecule has 0 saturated carbocycles. The molecule has 11 aromatic rings. The summed E-state index contributed by atoms with van der Waals surface area (Å²) in [6.45, 7) is 0. The van der Waals surface area contributed by atoms with Gasteiger partial charge in [0.1, 0.15) is 0 Å². The number of para-hydroxylation sites is 1. The third-order valence-electron chi connectivity index (χ3n) is 11.3. The van der Waals surface area contributed by atoms with E-state index in [9.17, 15) is 0 Å². The number of aromatic nitrogens is 4. The molecule has 0 atom stereocenters. The van der Waals surface area contributed by atoms with Crippen LogP contribution in [0.15, 0.2) is 218 Å². The van der Waals surface area contributed by atoms with Gasteiger partial charge in [-0.15, -0.1) is 0 Å². The van der Waals surface area contributed by atoms with Gasteiger partial charge >= 0.3 is 0 Å². The van der Waals surface area contributed by atoms with Gasteiger partial charge in [-0.05, 0) is 80.6 Å². The van der Waals surface area contributed by atoms with Crippen LogP contribution in [0.1, 0.15) is 0 Å². The fourth-order valence-corrected chi connectivity index (χ4v) is 8.33. The minimum atomic E-state index is 0.622. The second kappa shape index (κ2) is 14.5. The minimum absolute atomic E-state index is 0.622. The van der Waals surface area contributed by atoms with E-state index in [-0.39, 0.29) is 0 Å². The average Bonchev–Trinajstić information content (AvgIpc) is 3.65. The van der Waals surface area contributed by atoms with Crippen molar-refractivity contribution in [3.8, 4) is 73.2 Å². The molecular formula is C55H36N4. The van der Waals surface area contributed by atoms with E-state index in [1.807, 2.05) is 6.07 Å². The number of hydrogen-bond acceptors (Lipinski definition) is 3. The van der Waals surface area contributed by atoms with Crippen molar-refractivity contribution in [3.05, 3.63) is 218 Å². The molecule has 0 spiro atoms. The molecule has 0 fully saturated rings. The Morgan fingerprint density at radius 1 is 0.271 bits per heavy atom. The van der Waals surface area contributed by atoms with E-state index in [0.717, 1.165) is 50.0 Å². The van der Waals surface area contributed by atoms with Gasteiger partial charge in [-0.1, -0.05) is 182 Å². The van der Waals surface area contributed by atoms with Gasteiger partial charge in [0.05, 0.1) is 11.0 Å². The zero-order valence-electron chi connectivity index (χ0n) is 32.1. The zero-order chi connectivity index (χ0) is 39.1. The summed E-state index contributed by atoms with van der Waals surface area (Å²) in [4.78, 5) is 15.5. The van der Waals surface area contributed by atoms with Crippen molar-refractivity contribution in [1.82, 2.24) is 19.5 Å². The number of benzene rings is 9. The van der Waals surface area contributed by atoms with Crippen LogP contribution in [0.5, 0.6) is 0 Å². The maximum Gasteiger partial charge on any atom is 0.164 e. The topological polar surface area (TPSA) is 43.6 Å². The first kappa shape index (κ1) is 34.3. The molecule has 0 amide bonds. The highest BCUT2D eigenvalue weighted by atomic mass is 15.0. The summed E-state index contributed by atoms with van der Waals surface area (Å²) in [6, 6.07) is 77.0. The molecule has 0 bridgehead atoms. The van der Waals surface area contributed by atoms with Crippen molar-refractivity contribution in [2.24, 2.45) is 0 Å². The highest BCUT2D eigenvalue weighted by Gasteiger charge is 2.18. The Hall–Kier alpha value is -7.95. The van der Waals surface area contributed by atoms with Crippen molar-refractivity contribution in [1.29, 1.82) is 0 Å². The molecule has 59 heavy (non-hydrogen) atoms.